The van der Waals surface area contributed by atoms with Crippen LogP contribution < -0.4 is 0 Å². The van der Waals surface area contributed by atoms with Crippen molar-refractivity contribution in [2.24, 2.45) is 0 Å². The van der Waals surface area contributed by atoms with Crippen molar-refractivity contribution in [1.29, 1.82) is 0 Å². The number of methoxy groups -OCH3 is 1. The molecule has 3 heteroatoms. The summed E-state index contributed by atoms with van der Waals surface area (Å²) < 4.78 is 4.73. The van der Waals surface area contributed by atoms with Gasteiger partial charge in [-0.15, -0.1) is 0 Å². The quantitative estimate of drug-likeness (QED) is 0.719. The predicted molar refractivity (Wildman–Crippen MR) is 61.0 cm³/mol. The Morgan fingerprint density at radius 3 is 2.56 bits per heavy atom. The Bertz CT molecular complexity index is 494. The van der Waals surface area contributed by atoms with E-state index >= 15 is 0 Å². The van der Waals surface area contributed by atoms with Crippen LogP contribution in [0.1, 0.15) is 10.4 Å². The number of ether oxygens (including phenoxy) is 1. The topological polar surface area (TPSA) is 39.2 Å². The highest BCUT2D eigenvalue weighted by molar-refractivity contribution is 5.96. The van der Waals surface area contributed by atoms with E-state index in [1.165, 1.54) is 7.11 Å². The highest BCUT2D eigenvalue weighted by Crippen LogP contribution is 2.21. The van der Waals surface area contributed by atoms with Gasteiger partial charge in [-0.25, -0.2) is 4.79 Å². The molecule has 1 heterocycles. The molecule has 0 aliphatic rings. The molecule has 1 aromatic heterocycles. The Morgan fingerprint density at radius 1 is 1.12 bits per heavy atom. The summed E-state index contributed by atoms with van der Waals surface area (Å²) >= 11 is 0. The van der Waals surface area contributed by atoms with Crippen molar-refractivity contribution in [3.8, 4) is 11.3 Å². The minimum atomic E-state index is -0.346. The van der Waals surface area contributed by atoms with Gasteiger partial charge in [0.2, 0.25) is 0 Å². The summed E-state index contributed by atoms with van der Waals surface area (Å²) in [5.74, 6) is -0.346. The van der Waals surface area contributed by atoms with Gasteiger partial charge in [0.15, 0.2) is 0 Å². The first-order chi connectivity index (χ1) is 7.83. The molecular formula is C13H11NO2. The summed E-state index contributed by atoms with van der Waals surface area (Å²) in [6.45, 7) is 0. The van der Waals surface area contributed by atoms with Crippen LogP contribution in [0.3, 0.4) is 0 Å². The molecule has 0 saturated carbocycles. The Morgan fingerprint density at radius 2 is 1.88 bits per heavy atom. The van der Waals surface area contributed by atoms with Crippen LogP contribution in [0.4, 0.5) is 0 Å². The lowest BCUT2D eigenvalue weighted by Crippen LogP contribution is -2.03. The summed E-state index contributed by atoms with van der Waals surface area (Å²) in [5.41, 5.74) is 2.09. The molecule has 0 amide bonds. The Hall–Kier alpha value is -2.16. The van der Waals surface area contributed by atoms with Crippen molar-refractivity contribution in [3.05, 3.63) is 54.2 Å². The third-order valence-corrected chi connectivity index (χ3v) is 2.27. The molecule has 3 nitrogen and oxygen atoms in total. The molecule has 0 saturated heterocycles. The molecule has 2 rings (SSSR count). The average Bonchev–Trinajstić information content (AvgIpc) is 2.39. The van der Waals surface area contributed by atoms with Crippen molar-refractivity contribution in [2.75, 3.05) is 7.11 Å². The number of esters is 1. The van der Waals surface area contributed by atoms with Gasteiger partial charge in [-0.3, -0.25) is 4.98 Å². The lowest BCUT2D eigenvalue weighted by atomic mass is 10.0. The second-order valence-electron chi connectivity index (χ2n) is 3.25. The van der Waals surface area contributed by atoms with Gasteiger partial charge in [0.1, 0.15) is 0 Å². The number of rotatable bonds is 2. The van der Waals surface area contributed by atoms with Crippen LogP contribution >= 0.6 is 0 Å². The van der Waals surface area contributed by atoms with Gasteiger partial charge >= 0.3 is 5.97 Å². The maximum atomic E-state index is 11.6. The smallest absolute Gasteiger partial charge is 0.338 e. The first-order valence-corrected chi connectivity index (χ1v) is 4.91. The molecule has 0 aliphatic heterocycles. The van der Waals surface area contributed by atoms with Gasteiger partial charge in [-0.05, 0) is 18.2 Å². The monoisotopic (exact) mass is 213 g/mol. The Balaban J connectivity index is 2.53. The van der Waals surface area contributed by atoms with E-state index in [0.29, 0.717) is 5.56 Å². The summed E-state index contributed by atoms with van der Waals surface area (Å²) in [5, 5.41) is 0. The molecule has 0 N–H and O–H groups in total. The normalized spacial score (nSPS) is 9.81. The third-order valence-electron chi connectivity index (χ3n) is 2.27. The molecule has 16 heavy (non-hydrogen) atoms. The van der Waals surface area contributed by atoms with Crippen LogP contribution in [-0.4, -0.2) is 18.1 Å². The van der Waals surface area contributed by atoms with Crippen LogP contribution in [0.5, 0.6) is 0 Å². The van der Waals surface area contributed by atoms with Gasteiger partial charge in [-0.1, -0.05) is 24.3 Å². The molecule has 0 bridgehead atoms. The second kappa shape index (κ2) is 4.57. The summed E-state index contributed by atoms with van der Waals surface area (Å²) in [4.78, 5) is 15.8. The zero-order valence-corrected chi connectivity index (χ0v) is 8.88. The van der Waals surface area contributed by atoms with Gasteiger partial charge in [-0.2, -0.15) is 0 Å². The van der Waals surface area contributed by atoms with Gasteiger partial charge in [0.25, 0.3) is 0 Å². The maximum Gasteiger partial charge on any atom is 0.338 e. The van der Waals surface area contributed by atoms with Gasteiger partial charge in [0, 0.05) is 11.8 Å². The largest absolute Gasteiger partial charge is 0.465 e. The molecule has 0 radical (unpaired) electrons. The predicted octanol–water partition coefficient (Wildman–Crippen LogP) is 2.54. The van der Waals surface area contributed by atoms with E-state index in [1.807, 2.05) is 30.3 Å². The van der Waals surface area contributed by atoms with E-state index in [9.17, 15) is 4.79 Å². The lowest BCUT2D eigenvalue weighted by Gasteiger charge is -2.06. The number of hydrogen-bond donors (Lipinski definition) is 0. The van der Waals surface area contributed by atoms with E-state index in [-0.39, 0.29) is 5.97 Å². The summed E-state index contributed by atoms with van der Waals surface area (Å²) in [6, 6.07) is 12.8. The van der Waals surface area contributed by atoms with E-state index in [2.05, 4.69) is 4.98 Å². The van der Waals surface area contributed by atoms with E-state index in [0.717, 1.165) is 11.3 Å². The molecule has 1 aromatic carbocycles. The number of aromatic nitrogens is 1. The zero-order chi connectivity index (χ0) is 11.4. The molecule has 0 fully saturated rings. The number of carbonyl (C=O) groups is 1. The number of pyridine rings is 1. The lowest BCUT2D eigenvalue weighted by molar-refractivity contribution is 0.0601. The fraction of sp³-hybridized carbons (Fsp3) is 0.0769. The van der Waals surface area contributed by atoms with E-state index in [1.54, 1.807) is 18.3 Å². The third kappa shape index (κ3) is 1.93. The Labute approximate surface area is 93.7 Å². The van der Waals surface area contributed by atoms with Crippen LogP contribution in [-0.2, 0) is 4.74 Å². The molecule has 80 valence electrons. The summed E-state index contributed by atoms with van der Waals surface area (Å²) in [7, 11) is 1.37. The average molecular weight is 213 g/mol. The first-order valence-electron chi connectivity index (χ1n) is 4.91. The fourth-order valence-electron chi connectivity index (χ4n) is 1.52. The first kappa shape index (κ1) is 10.4. The minimum absolute atomic E-state index is 0.346. The summed E-state index contributed by atoms with van der Waals surface area (Å²) in [6.07, 6.45) is 1.70. The van der Waals surface area contributed by atoms with Crippen molar-refractivity contribution in [1.82, 2.24) is 4.98 Å². The van der Waals surface area contributed by atoms with Crippen molar-refractivity contribution in [3.63, 3.8) is 0 Å². The van der Waals surface area contributed by atoms with Gasteiger partial charge in [0.05, 0.1) is 18.4 Å². The second-order valence-corrected chi connectivity index (χ2v) is 3.25. The number of hydrogen-bond acceptors (Lipinski definition) is 3. The van der Waals surface area contributed by atoms with Crippen LogP contribution in [0, 0.1) is 0 Å². The van der Waals surface area contributed by atoms with Gasteiger partial charge < -0.3 is 4.74 Å². The molecular weight excluding hydrogens is 202 g/mol. The number of nitrogens with zero attached hydrogens (tertiary/aromatic N) is 1. The Kier molecular flexibility index (Phi) is 2.96. The standard InChI is InChI=1S/C13H11NO2/c1-16-13(15)11-7-3-2-6-10(11)12-8-4-5-9-14-12/h2-9H,1H3. The SMILES string of the molecule is COC(=O)c1ccccc1-c1ccccn1. The van der Waals surface area contributed by atoms with Crippen LogP contribution in [0.2, 0.25) is 0 Å². The number of benzene rings is 1. The zero-order valence-electron chi connectivity index (χ0n) is 8.88. The molecule has 2 aromatic rings. The fourth-order valence-corrected chi connectivity index (χ4v) is 1.52. The van der Waals surface area contributed by atoms with Crippen LogP contribution in [0.25, 0.3) is 11.3 Å². The molecule has 0 atom stereocenters. The number of carbonyl (C=O) groups excluding carboxylic acids is 1. The highest BCUT2D eigenvalue weighted by atomic mass is 16.5. The molecule has 0 unspecified atom stereocenters. The van der Waals surface area contributed by atoms with Crippen molar-refractivity contribution >= 4 is 5.97 Å². The van der Waals surface area contributed by atoms with Crippen molar-refractivity contribution < 1.29 is 9.53 Å². The molecule has 0 spiro atoms. The van der Waals surface area contributed by atoms with E-state index < -0.39 is 0 Å². The molecule has 0 aliphatic carbocycles. The minimum Gasteiger partial charge on any atom is -0.465 e. The van der Waals surface area contributed by atoms with E-state index in [4.69, 9.17) is 4.74 Å². The van der Waals surface area contributed by atoms with Crippen molar-refractivity contribution in [2.45, 2.75) is 0 Å². The highest BCUT2D eigenvalue weighted by Gasteiger charge is 2.12. The maximum absolute atomic E-state index is 11.6. The van der Waals surface area contributed by atoms with Crippen LogP contribution in [0.15, 0.2) is 48.7 Å².